The summed E-state index contributed by atoms with van der Waals surface area (Å²) in [5.74, 6) is 1.82. The topological polar surface area (TPSA) is 82.8 Å². The van der Waals surface area contributed by atoms with Crippen LogP contribution >= 0.6 is 0 Å². The first-order chi connectivity index (χ1) is 11.8. The first-order valence-electron chi connectivity index (χ1n) is 8.83. The van der Waals surface area contributed by atoms with Gasteiger partial charge >= 0.3 is 0 Å². The van der Waals surface area contributed by atoms with E-state index in [2.05, 4.69) is 19.5 Å². The van der Waals surface area contributed by atoms with Gasteiger partial charge in [0.15, 0.2) is 11.4 Å². The third-order valence-corrected chi connectivity index (χ3v) is 4.97. The minimum Gasteiger partial charge on any atom is -0.463 e. The van der Waals surface area contributed by atoms with Gasteiger partial charge < -0.3 is 14.7 Å². The van der Waals surface area contributed by atoms with Crippen molar-refractivity contribution in [3.63, 3.8) is 0 Å². The number of aryl methyl sites for hydroxylation is 1. The Morgan fingerprint density at radius 1 is 1.21 bits per heavy atom. The Morgan fingerprint density at radius 2 is 2.08 bits per heavy atom. The summed E-state index contributed by atoms with van der Waals surface area (Å²) in [5, 5.41) is 0. The number of hydrogen-bond donors (Lipinski definition) is 1. The van der Waals surface area contributed by atoms with Gasteiger partial charge in [0.25, 0.3) is 0 Å². The van der Waals surface area contributed by atoms with Crippen molar-refractivity contribution < 1.29 is 4.42 Å². The van der Waals surface area contributed by atoms with Gasteiger partial charge in [0.2, 0.25) is 5.95 Å². The summed E-state index contributed by atoms with van der Waals surface area (Å²) in [5.41, 5.74) is 8.10. The molecule has 0 aliphatic heterocycles. The molecule has 6 heteroatoms. The Hall–Kier alpha value is -2.37. The lowest BCUT2D eigenvalue weighted by Crippen LogP contribution is -2.08. The largest absolute Gasteiger partial charge is 0.463 e. The van der Waals surface area contributed by atoms with Crippen molar-refractivity contribution in [1.82, 2.24) is 19.5 Å². The molecule has 126 valence electrons. The lowest BCUT2D eigenvalue weighted by atomic mass is 9.86. The van der Waals surface area contributed by atoms with E-state index in [1.54, 1.807) is 6.26 Å². The summed E-state index contributed by atoms with van der Waals surface area (Å²) < 4.78 is 7.54. The summed E-state index contributed by atoms with van der Waals surface area (Å²) in [6.45, 7) is 0.918. The second-order valence-electron chi connectivity index (χ2n) is 6.66. The summed E-state index contributed by atoms with van der Waals surface area (Å²) in [6, 6.07) is 3.70. The molecule has 1 aliphatic rings. The number of hydrogen-bond acceptors (Lipinski definition) is 5. The third kappa shape index (κ3) is 3.00. The van der Waals surface area contributed by atoms with Crippen LogP contribution in [0.3, 0.4) is 0 Å². The smallest absolute Gasteiger partial charge is 0.222 e. The second kappa shape index (κ2) is 6.63. The summed E-state index contributed by atoms with van der Waals surface area (Å²) in [7, 11) is 0. The molecule has 0 bridgehead atoms. The highest BCUT2D eigenvalue weighted by atomic mass is 16.3. The quantitative estimate of drug-likeness (QED) is 0.765. The average Bonchev–Trinajstić information content (AvgIpc) is 3.26. The number of imidazole rings is 1. The van der Waals surface area contributed by atoms with E-state index in [0.717, 1.165) is 30.0 Å². The molecule has 3 aromatic rings. The highest BCUT2D eigenvalue weighted by Gasteiger charge is 2.16. The van der Waals surface area contributed by atoms with Crippen molar-refractivity contribution in [3.8, 4) is 11.5 Å². The molecule has 0 saturated heterocycles. The molecule has 0 radical (unpaired) electrons. The van der Waals surface area contributed by atoms with Crippen LogP contribution in [-0.4, -0.2) is 19.5 Å². The molecule has 6 nitrogen and oxygen atoms in total. The molecular formula is C18H23N5O. The Labute approximate surface area is 141 Å². The van der Waals surface area contributed by atoms with E-state index < -0.39 is 0 Å². The van der Waals surface area contributed by atoms with Crippen molar-refractivity contribution in [1.29, 1.82) is 0 Å². The lowest BCUT2D eigenvalue weighted by Gasteiger charge is -2.21. The van der Waals surface area contributed by atoms with E-state index in [0.29, 0.717) is 11.5 Å². The van der Waals surface area contributed by atoms with Crippen LogP contribution in [0.2, 0.25) is 0 Å². The van der Waals surface area contributed by atoms with Gasteiger partial charge in [-0.2, -0.15) is 4.98 Å². The SMILES string of the molecule is Nc1nc(-c2ccco2)c2ncn(CCCC3CCCCC3)c2n1. The maximum Gasteiger partial charge on any atom is 0.222 e. The normalized spacial score (nSPS) is 16.0. The number of fused-ring (bicyclic) bond motifs is 1. The molecular weight excluding hydrogens is 302 g/mol. The van der Waals surface area contributed by atoms with Crippen LogP contribution < -0.4 is 5.73 Å². The second-order valence-corrected chi connectivity index (χ2v) is 6.66. The average molecular weight is 325 g/mol. The molecule has 0 amide bonds. The number of furan rings is 1. The summed E-state index contributed by atoms with van der Waals surface area (Å²) in [6.07, 6.45) is 12.9. The fourth-order valence-electron chi connectivity index (χ4n) is 3.74. The molecule has 3 heterocycles. The number of aromatic nitrogens is 4. The van der Waals surface area contributed by atoms with Gasteiger partial charge in [-0.25, -0.2) is 9.97 Å². The van der Waals surface area contributed by atoms with Crippen molar-refractivity contribution in [3.05, 3.63) is 24.7 Å². The Morgan fingerprint density at radius 3 is 2.88 bits per heavy atom. The molecule has 0 unspecified atom stereocenters. The number of nitrogen functional groups attached to an aromatic ring is 1. The maximum absolute atomic E-state index is 5.90. The zero-order valence-electron chi connectivity index (χ0n) is 13.8. The molecule has 2 N–H and O–H groups in total. The minimum atomic E-state index is 0.253. The highest BCUT2D eigenvalue weighted by molar-refractivity contribution is 5.86. The van der Waals surface area contributed by atoms with Crippen LogP contribution in [-0.2, 0) is 6.54 Å². The summed E-state index contributed by atoms with van der Waals surface area (Å²) in [4.78, 5) is 13.2. The van der Waals surface area contributed by atoms with E-state index in [9.17, 15) is 0 Å². The fourth-order valence-corrected chi connectivity index (χ4v) is 3.74. The number of rotatable bonds is 5. The number of nitrogens with two attached hydrogens (primary N) is 1. The molecule has 0 atom stereocenters. The van der Waals surface area contributed by atoms with Crippen LogP contribution in [0, 0.1) is 5.92 Å². The van der Waals surface area contributed by atoms with Gasteiger partial charge in [0.1, 0.15) is 11.2 Å². The third-order valence-electron chi connectivity index (χ3n) is 4.97. The first kappa shape index (κ1) is 15.2. The van der Waals surface area contributed by atoms with E-state index >= 15 is 0 Å². The lowest BCUT2D eigenvalue weighted by molar-refractivity contribution is 0.326. The molecule has 4 rings (SSSR count). The Bertz CT molecular complexity index is 802. The van der Waals surface area contributed by atoms with E-state index in [4.69, 9.17) is 10.2 Å². The van der Waals surface area contributed by atoms with E-state index in [-0.39, 0.29) is 5.95 Å². The van der Waals surface area contributed by atoms with Gasteiger partial charge in [0.05, 0.1) is 12.6 Å². The van der Waals surface area contributed by atoms with Gasteiger partial charge in [-0.05, 0) is 30.9 Å². The maximum atomic E-state index is 5.90. The molecule has 0 spiro atoms. The molecule has 1 aliphatic carbocycles. The number of nitrogens with zero attached hydrogens (tertiary/aromatic N) is 4. The van der Waals surface area contributed by atoms with Crippen molar-refractivity contribution >= 4 is 17.1 Å². The molecule has 3 aromatic heterocycles. The van der Waals surface area contributed by atoms with E-state index in [1.165, 1.54) is 38.5 Å². The molecule has 1 saturated carbocycles. The predicted octanol–water partition coefficient (Wildman–Crippen LogP) is 4.03. The highest BCUT2D eigenvalue weighted by Crippen LogP contribution is 2.29. The van der Waals surface area contributed by atoms with Gasteiger partial charge in [-0.15, -0.1) is 0 Å². The van der Waals surface area contributed by atoms with Crippen molar-refractivity contribution in [2.75, 3.05) is 5.73 Å². The Kier molecular flexibility index (Phi) is 4.19. The van der Waals surface area contributed by atoms with Crippen molar-refractivity contribution in [2.45, 2.75) is 51.5 Å². The minimum absolute atomic E-state index is 0.253. The van der Waals surface area contributed by atoms with Crippen LogP contribution in [0.1, 0.15) is 44.9 Å². The molecule has 24 heavy (non-hydrogen) atoms. The zero-order chi connectivity index (χ0) is 16.4. The predicted molar refractivity (Wildman–Crippen MR) is 93.2 cm³/mol. The molecule has 1 fully saturated rings. The van der Waals surface area contributed by atoms with Crippen LogP contribution in [0.15, 0.2) is 29.1 Å². The number of anilines is 1. The van der Waals surface area contributed by atoms with E-state index in [1.807, 2.05) is 18.5 Å². The summed E-state index contributed by atoms with van der Waals surface area (Å²) >= 11 is 0. The zero-order valence-corrected chi connectivity index (χ0v) is 13.8. The molecule has 0 aromatic carbocycles. The van der Waals surface area contributed by atoms with Gasteiger partial charge in [-0.1, -0.05) is 32.1 Å². The van der Waals surface area contributed by atoms with Crippen LogP contribution in [0.4, 0.5) is 5.95 Å². The van der Waals surface area contributed by atoms with Gasteiger partial charge in [-0.3, -0.25) is 0 Å². The Balaban J connectivity index is 1.54. The first-order valence-corrected chi connectivity index (χ1v) is 8.83. The van der Waals surface area contributed by atoms with Gasteiger partial charge in [0, 0.05) is 6.54 Å². The monoisotopic (exact) mass is 325 g/mol. The fraction of sp³-hybridized carbons (Fsp3) is 0.500. The van der Waals surface area contributed by atoms with Crippen LogP contribution in [0.5, 0.6) is 0 Å². The standard InChI is InChI=1S/C18H23N5O/c19-18-21-15(14-9-5-11-24-14)16-17(22-18)23(12-20-16)10-4-8-13-6-2-1-3-7-13/h5,9,11-13H,1-4,6-8,10H2,(H2,19,21,22). The van der Waals surface area contributed by atoms with Crippen LogP contribution in [0.25, 0.3) is 22.6 Å². The van der Waals surface area contributed by atoms with Crippen molar-refractivity contribution in [2.24, 2.45) is 5.92 Å².